The summed E-state index contributed by atoms with van der Waals surface area (Å²) in [6, 6.07) is 6.87. The number of amides is 3. The first-order chi connectivity index (χ1) is 13.4. The topological polar surface area (TPSA) is 90.4 Å². The first-order valence-corrected chi connectivity index (χ1v) is 9.80. The number of hydrogen-bond donors (Lipinski definition) is 1. The molecule has 158 valence electrons. The Morgan fingerprint density at radius 3 is 2.21 bits per heavy atom. The number of carboxylic acid groups (broad SMARTS) is 1. The van der Waals surface area contributed by atoms with Crippen molar-refractivity contribution in [3.8, 4) is 0 Å². The number of aliphatic carboxylic acids is 1. The van der Waals surface area contributed by atoms with E-state index in [1.807, 2.05) is 20.8 Å². The number of hydrogen-bond acceptors (Lipinski definition) is 4. The number of nitrogens with zero attached hydrogens (tertiary/aromatic N) is 3. The number of carbonyl (C=O) groups excluding carboxylic acids is 2. The number of benzene rings is 1. The standard InChI is InChI=1S/C21H29N3O5/c1-20(2,3)29-19(28)22-10-11-23-16(12-22)13-24(18(23)27)15-8-6-14(7-9-15)21(4,5)17(25)26/h6-9,16H,10-13H2,1-5H3,(H,25,26). The minimum Gasteiger partial charge on any atom is -0.481 e. The van der Waals surface area contributed by atoms with Crippen LogP contribution in [-0.2, 0) is 14.9 Å². The van der Waals surface area contributed by atoms with Crippen molar-refractivity contribution in [1.29, 1.82) is 0 Å². The largest absolute Gasteiger partial charge is 0.481 e. The Bertz CT molecular complexity index is 813. The lowest BCUT2D eigenvalue weighted by molar-refractivity contribution is -0.142. The lowest BCUT2D eigenvalue weighted by Gasteiger charge is -2.36. The van der Waals surface area contributed by atoms with Gasteiger partial charge < -0.3 is 19.6 Å². The summed E-state index contributed by atoms with van der Waals surface area (Å²) in [4.78, 5) is 41.8. The van der Waals surface area contributed by atoms with E-state index in [0.29, 0.717) is 31.7 Å². The molecule has 2 fully saturated rings. The van der Waals surface area contributed by atoms with Gasteiger partial charge in [0, 0.05) is 31.9 Å². The predicted molar refractivity (Wildman–Crippen MR) is 108 cm³/mol. The van der Waals surface area contributed by atoms with Crippen molar-refractivity contribution in [2.75, 3.05) is 31.1 Å². The number of urea groups is 1. The molecule has 2 aliphatic rings. The Morgan fingerprint density at radius 2 is 1.66 bits per heavy atom. The molecular weight excluding hydrogens is 374 g/mol. The number of piperazine rings is 1. The SMILES string of the molecule is CC(C)(C)OC(=O)N1CCN2C(=O)N(c3ccc(C(C)(C)C(=O)O)cc3)CC2C1. The molecular formula is C21H29N3O5. The number of rotatable bonds is 3. The Kier molecular flexibility index (Phi) is 5.23. The summed E-state index contributed by atoms with van der Waals surface area (Å²) < 4.78 is 5.45. The van der Waals surface area contributed by atoms with E-state index in [-0.39, 0.29) is 18.2 Å². The molecule has 1 aromatic carbocycles. The zero-order valence-electron chi connectivity index (χ0n) is 17.6. The maximum Gasteiger partial charge on any atom is 0.410 e. The van der Waals surface area contributed by atoms with Crippen molar-refractivity contribution in [3.05, 3.63) is 29.8 Å². The van der Waals surface area contributed by atoms with E-state index in [1.54, 1.807) is 52.8 Å². The third-order valence-electron chi connectivity index (χ3n) is 5.44. The second kappa shape index (κ2) is 7.24. The van der Waals surface area contributed by atoms with Crippen LogP contribution < -0.4 is 4.90 Å². The molecule has 0 radical (unpaired) electrons. The van der Waals surface area contributed by atoms with Crippen LogP contribution in [0.4, 0.5) is 15.3 Å². The van der Waals surface area contributed by atoms with Crippen LogP contribution in [0, 0.1) is 0 Å². The first-order valence-electron chi connectivity index (χ1n) is 9.80. The van der Waals surface area contributed by atoms with Crippen molar-refractivity contribution in [3.63, 3.8) is 0 Å². The van der Waals surface area contributed by atoms with Gasteiger partial charge in [0.25, 0.3) is 0 Å². The second-order valence-electron chi connectivity index (χ2n) is 9.14. The smallest absolute Gasteiger partial charge is 0.410 e. The highest BCUT2D eigenvalue weighted by molar-refractivity contribution is 5.95. The number of ether oxygens (including phenoxy) is 1. The molecule has 3 amide bonds. The van der Waals surface area contributed by atoms with Crippen LogP contribution in [-0.4, -0.2) is 70.8 Å². The fourth-order valence-electron chi connectivity index (χ4n) is 3.60. The third kappa shape index (κ3) is 4.16. The molecule has 8 nitrogen and oxygen atoms in total. The van der Waals surface area contributed by atoms with Gasteiger partial charge in [-0.3, -0.25) is 9.69 Å². The van der Waals surface area contributed by atoms with E-state index < -0.39 is 17.0 Å². The van der Waals surface area contributed by atoms with Gasteiger partial charge in [-0.15, -0.1) is 0 Å². The van der Waals surface area contributed by atoms with Crippen LogP contribution in [0.15, 0.2) is 24.3 Å². The lowest BCUT2D eigenvalue weighted by Crippen LogP contribution is -2.54. The van der Waals surface area contributed by atoms with Gasteiger partial charge in [-0.2, -0.15) is 0 Å². The molecule has 0 bridgehead atoms. The van der Waals surface area contributed by atoms with Crippen LogP contribution in [0.5, 0.6) is 0 Å². The lowest BCUT2D eigenvalue weighted by atomic mass is 9.85. The highest BCUT2D eigenvalue weighted by atomic mass is 16.6. The van der Waals surface area contributed by atoms with Crippen LogP contribution in [0.2, 0.25) is 0 Å². The van der Waals surface area contributed by atoms with E-state index in [1.165, 1.54) is 0 Å². The van der Waals surface area contributed by atoms with Gasteiger partial charge in [0.05, 0.1) is 11.5 Å². The van der Waals surface area contributed by atoms with E-state index in [0.717, 1.165) is 5.69 Å². The van der Waals surface area contributed by atoms with Crippen LogP contribution in [0.25, 0.3) is 0 Å². The molecule has 1 unspecified atom stereocenters. The number of fused-ring (bicyclic) bond motifs is 1. The summed E-state index contributed by atoms with van der Waals surface area (Å²) in [5.74, 6) is -0.901. The monoisotopic (exact) mass is 403 g/mol. The van der Waals surface area contributed by atoms with Gasteiger partial charge in [0.2, 0.25) is 0 Å². The molecule has 29 heavy (non-hydrogen) atoms. The van der Waals surface area contributed by atoms with Crippen LogP contribution in [0.1, 0.15) is 40.2 Å². The molecule has 2 heterocycles. The fraction of sp³-hybridized carbons (Fsp3) is 0.571. The minimum absolute atomic E-state index is 0.0934. The van der Waals surface area contributed by atoms with Crippen LogP contribution >= 0.6 is 0 Å². The van der Waals surface area contributed by atoms with Gasteiger partial charge in [0.1, 0.15) is 5.60 Å². The minimum atomic E-state index is -1.00. The Morgan fingerprint density at radius 1 is 1.03 bits per heavy atom. The Labute approximate surface area is 171 Å². The van der Waals surface area contributed by atoms with Gasteiger partial charge >= 0.3 is 18.1 Å². The van der Waals surface area contributed by atoms with E-state index in [2.05, 4.69) is 0 Å². The maximum absolute atomic E-state index is 12.9. The van der Waals surface area contributed by atoms with E-state index >= 15 is 0 Å². The fourth-order valence-corrected chi connectivity index (χ4v) is 3.60. The summed E-state index contributed by atoms with van der Waals surface area (Å²) in [6.07, 6.45) is -0.358. The molecule has 8 heteroatoms. The molecule has 1 N–H and O–H groups in total. The summed E-state index contributed by atoms with van der Waals surface area (Å²) in [7, 11) is 0. The molecule has 1 atom stereocenters. The molecule has 2 saturated heterocycles. The molecule has 0 aromatic heterocycles. The van der Waals surface area contributed by atoms with Crippen LogP contribution in [0.3, 0.4) is 0 Å². The van der Waals surface area contributed by atoms with Crippen molar-refractivity contribution in [1.82, 2.24) is 9.80 Å². The van der Waals surface area contributed by atoms with Gasteiger partial charge in [-0.1, -0.05) is 12.1 Å². The van der Waals surface area contributed by atoms with Crippen molar-refractivity contribution < 1.29 is 24.2 Å². The van der Waals surface area contributed by atoms with Gasteiger partial charge in [-0.05, 0) is 52.3 Å². The third-order valence-corrected chi connectivity index (χ3v) is 5.44. The molecule has 2 aliphatic heterocycles. The molecule has 1 aromatic rings. The van der Waals surface area contributed by atoms with E-state index in [9.17, 15) is 19.5 Å². The van der Waals surface area contributed by atoms with Crippen molar-refractivity contribution in [2.45, 2.75) is 51.7 Å². The Hall–Kier alpha value is -2.77. The number of anilines is 1. The summed E-state index contributed by atoms with van der Waals surface area (Å²) in [6.45, 7) is 10.6. The predicted octanol–water partition coefficient (Wildman–Crippen LogP) is 2.91. The number of carbonyl (C=O) groups is 3. The van der Waals surface area contributed by atoms with Crippen molar-refractivity contribution in [2.24, 2.45) is 0 Å². The van der Waals surface area contributed by atoms with E-state index in [4.69, 9.17) is 4.74 Å². The average molecular weight is 403 g/mol. The molecule has 0 saturated carbocycles. The maximum atomic E-state index is 12.9. The second-order valence-corrected chi connectivity index (χ2v) is 9.14. The quantitative estimate of drug-likeness (QED) is 0.838. The van der Waals surface area contributed by atoms with Gasteiger partial charge in [0.15, 0.2) is 0 Å². The first kappa shape index (κ1) is 21.0. The summed E-state index contributed by atoms with van der Waals surface area (Å²) >= 11 is 0. The summed E-state index contributed by atoms with van der Waals surface area (Å²) in [5, 5.41) is 9.38. The summed E-state index contributed by atoms with van der Waals surface area (Å²) in [5.41, 5.74) is -0.164. The normalized spacial score (nSPS) is 20.0. The zero-order valence-corrected chi connectivity index (χ0v) is 17.6. The highest BCUT2D eigenvalue weighted by Gasteiger charge is 2.43. The molecule has 0 aliphatic carbocycles. The van der Waals surface area contributed by atoms with Crippen molar-refractivity contribution >= 4 is 23.8 Å². The highest BCUT2D eigenvalue weighted by Crippen LogP contribution is 2.30. The zero-order chi connectivity index (χ0) is 21.6. The number of carboxylic acids is 1. The average Bonchev–Trinajstić information content (AvgIpc) is 2.96. The molecule has 0 spiro atoms. The van der Waals surface area contributed by atoms with Gasteiger partial charge in [-0.25, -0.2) is 9.59 Å². The Balaban J connectivity index is 1.71. The molecule has 3 rings (SSSR count).